The molecule has 0 saturated carbocycles. The number of amides is 1. The van der Waals surface area contributed by atoms with Crippen molar-refractivity contribution >= 4 is 5.91 Å². The quantitative estimate of drug-likeness (QED) is 0.715. The van der Waals surface area contributed by atoms with E-state index in [0.717, 1.165) is 25.2 Å². The highest BCUT2D eigenvalue weighted by molar-refractivity contribution is 5.93. The summed E-state index contributed by atoms with van der Waals surface area (Å²) in [7, 11) is 3.93. The Morgan fingerprint density at radius 3 is 2.74 bits per heavy atom. The van der Waals surface area contributed by atoms with Gasteiger partial charge in [0.1, 0.15) is 11.5 Å². The largest absolute Gasteiger partial charge is 0.345 e. The molecule has 1 fully saturated rings. The van der Waals surface area contributed by atoms with E-state index in [1.54, 1.807) is 16.4 Å². The number of hydrogen-bond donors (Lipinski definition) is 0. The van der Waals surface area contributed by atoms with Crippen molar-refractivity contribution in [1.29, 1.82) is 0 Å². The predicted molar refractivity (Wildman–Crippen MR) is 97.6 cm³/mol. The number of piperidine rings is 1. The summed E-state index contributed by atoms with van der Waals surface area (Å²) in [6.45, 7) is 6.66. The van der Waals surface area contributed by atoms with Gasteiger partial charge in [-0.05, 0) is 45.9 Å². The van der Waals surface area contributed by atoms with Crippen LogP contribution in [-0.4, -0.2) is 74.1 Å². The third-order valence-electron chi connectivity index (χ3n) is 4.96. The van der Waals surface area contributed by atoms with Crippen LogP contribution in [0.1, 0.15) is 47.7 Å². The fourth-order valence-corrected chi connectivity index (χ4v) is 3.45. The minimum atomic E-state index is -0.184. The summed E-state index contributed by atoms with van der Waals surface area (Å²) in [5, 5.41) is 12.0. The number of rotatable bonds is 6. The highest BCUT2D eigenvalue weighted by Gasteiger charge is 2.31. The molecule has 1 aliphatic rings. The molecular formula is C17H27N7O3. The second-order valence-corrected chi connectivity index (χ2v) is 7.20. The standard InChI is InChI=1S/C17H27N7O3/c1-5-23-15(18-24(17(23)26)10-9-21(3)4)13-7-6-8-22(11-13)16(25)14-12(2)19-27-20-14/h13H,5-11H2,1-4H3/t13-/m0/s1. The highest BCUT2D eigenvalue weighted by Crippen LogP contribution is 2.26. The molecule has 1 saturated heterocycles. The fraction of sp³-hybridized carbons (Fsp3) is 0.706. The molecule has 0 radical (unpaired) electrons. The van der Waals surface area contributed by atoms with Gasteiger partial charge in [0, 0.05) is 32.1 Å². The Bertz CT molecular complexity index is 851. The number of likely N-dealkylation sites (N-methyl/N-ethyl adjacent to an activating group) is 1. The Morgan fingerprint density at radius 2 is 2.11 bits per heavy atom. The summed E-state index contributed by atoms with van der Waals surface area (Å²) in [5.74, 6) is 0.598. The molecule has 148 valence electrons. The highest BCUT2D eigenvalue weighted by atomic mass is 16.6. The van der Waals surface area contributed by atoms with E-state index >= 15 is 0 Å². The third-order valence-corrected chi connectivity index (χ3v) is 4.96. The number of carbonyl (C=O) groups excluding carboxylic acids is 1. The molecule has 0 bridgehead atoms. The average molecular weight is 377 g/mol. The van der Waals surface area contributed by atoms with E-state index < -0.39 is 0 Å². The number of likely N-dealkylation sites (tertiary alicyclic amines) is 1. The Kier molecular flexibility index (Phi) is 5.73. The van der Waals surface area contributed by atoms with Crippen molar-refractivity contribution in [1.82, 2.24) is 34.5 Å². The van der Waals surface area contributed by atoms with Crippen LogP contribution in [0.4, 0.5) is 0 Å². The molecule has 0 spiro atoms. The van der Waals surface area contributed by atoms with Crippen LogP contribution in [0.15, 0.2) is 9.42 Å². The molecule has 0 unspecified atom stereocenters. The molecule has 0 aromatic carbocycles. The average Bonchev–Trinajstić information content (AvgIpc) is 3.22. The topological polar surface area (TPSA) is 102 Å². The molecular weight excluding hydrogens is 350 g/mol. The maximum Gasteiger partial charge on any atom is 0.345 e. The molecule has 27 heavy (non-hydrogen) atoms. The lowest BCUT2D eigenvalue weighted by Crippen LogP contribution is -2.40. The Hall–Kier alpha value is -2.49. The molecule has 3 rings (SSSR count). The SMILES string of the molecule is CCn1c([C@H]2CCCN(C(=O)c3nonc3C)C2)nn(CCN(C)C)c1=O. The minimum Gasteiger partial charge on any atom is -0.336 e. The second-order valence-electron chi connectivity index (χ2n) is 7.20. The van der Waals surface area contributed by atoms with Crippen molar-refractivity contribution in [3.05, 3.63) is 27.7 Å². The first kappa shape index (κ1) is 19.3. The number of hydrogen-bond acceptors (Lipinski definition) is 7. The van der Waals surface area contributed by atoms with Crippen molar-refractivity contribution in [3.8, 4) is 0 Å². The van der Waals surface area contributed by atoms with E-state index in [9.17, 15) is 9.59 Å². The second kappa shape index (κ2) is 8.03. The first-order valence-corrected chi connectivity index (χ1v) is 9.33. The lowest BCUT2D eigenvalue weighted by atomic mass is 9.96. The molecule has 10 nitrogen and oxygen atoms in total. The maximum absolute atomic E-state index is 12.7. The van der Waals surface area contributed by atoms with Gasteiger partial charge in [-0.15, -0.1) is 0 Å². The van der Waals surface area contributed by atoms with Gasteiger partial charge in [-0.3, -0.25) is 9.36 Å². The van der Waals surface area contributed by atoms with Gasteiger partial charge in [-0.1, -0.05) is 5.16 Å². The van der Waals surface area contributed by atoms with Crippen LogP contribution in [0.5, 0.6) is 0 Å². The van der Waals surface area contributed by atoms with Crippen LogP contribution in [0.2, 0.25) is 0 Å². The van der Waals surface area contributed by atoms with Gasteiger partial charge in [-0.2, -0.15) is 5.10 Å². The first-order valence-electron chi connectivity index (χ1n) is 9.33. The van der Waals surface area contributed by atoms with Crippen molar-refractivity contribution < 1.29 is 9.42 Å². The summed E-state index contributed by atoms with van der Waals surface area (Å²) < 4.78 is 7.91. The van der Waals surface area contributed by atoms with Crippen LogP contribution in [0.3, 0.4) is 0 Å². The van der Waals surface area contributed by atoms with E-state index in [4.69, 9.17) is 0 Å². The summed E-state index contributed by atoms with van der Waals surface area (Å²) in [5.41, 5.74) is 0.648. The number of nitrogens with zero attached hydrogens (tertiary/aromatic N) is 7. The lowest BCUT2D eigenvalue weighted by Gasteiger charge is -2.31. The molecule has 2 aromatic rings. The number of aryl methyl sites for hydroxylation is 1. The van der Waals surface area contributed by atoms with Crippen molar-refractivity contribution in [2.24, 2.45) is 0 Å². The van der Waals surface area contributed by atoms with Gasteiger partial charge in [0.05, 0.1) is 6.54 Å². The Labute approximate surface area is 157 Å². The molecule has 10 heteroatoms. The zero-order chi connectivity index (χ0) is 19.6. The molecule has 0 aliphatic carbocycles. The van der Waals surface area contributed by atoms with Crippen LogP contribution in [0.25, 0.3) is 0 Å². The van der Waals surface area contributed by atoms with E-state index in [1.807, 2.05) is 25.9 Å². The zero-order valence-electron chi connectivity index (χ0n) is 16.4. The van der Waals surface area contributed by atoms with Crippen LogP contribution < -0.4 is 5.69 Å². The maximum atomic E-state index is 12.7. The predicted octanol–water partition coefficient (Wildman–Crippen LogP) is 0.338. The first-order chi connectivity index (χ1) is 12.9. The third kappa shape index (κ3) is 3.95. The van der Waals surface area contributed by atoms with Crippen LogP contribution in [0, 0.1) is 6.92 Å². The minimum absolute atomic E-state index is 0.0242. The monoisotopic (exact) mass is 377 g/mol. The van der Waals surface area contributed by atoms with Crippen LogP contribution in [-0.2, 0) is 13.1 Å². The van der Waals surface area contributed by atoms with E-state index in [2.05, 4.69) is 20.0 Å². The molecule has 1 atom stereocenters. The number of aromatic nitrogens is 5. The Balaban J connectivity index is 1.81. The molecule has 2 aromatic heterocycles. The number of carbonyl (C=O) groups is 1. The molecule has 0 N–H and O–H groups in total. The van der Waals surface area contributed by atoms with Gasteiger partial charge in [-0.25, -0.2) is 14.1 Å². The van der Waals surface area contributed by atoms with Gasteiger partial charge in [0.15, 0.2) is 5.69 Å². The summed E-state index contributed by atoms with van der Waals surface area (Å²) in [6, 6.07) is 0. The molecule has 3 heterocycles. The summed E-state index contributed by atoms with van der Waals surface area (Å²) in [4.78, 5) is 29.2. The molecule has 1 amide bonds. The van der Waals surface area contributed by atoms with E-state index in [0.29, 0.717) is 31.9 Å². The van der Waals surface area contributed by atoms with E-state index in [1.165, 1.54) is 4.68 Å². The van der Waals surface area contributed by atoms with Crippen molar-refractivity contribution in [2.45, 2.75) is 45.7 Å². The van der Waals surface area contributed by atoms with Crippen LogP contribution >= 0.6 is 0 Å². The lowest BCUT2D eigenvalue weighted by molar-refractivity contribution is 0.0691. The Morgan fingerprint density at radius 1 is 1.33 bits per heavy atom. The smallest absolute Gasteiger partial charge is 0.336 e. The van der Waals surface area contributed by atoms with Crippen molar-refractivity contribution in [2.75, 3.05) is 33.7 Å². The van der Waals surface area contributed by atoms with Gasteiger partial charge >= 0.3 is 5.69 Å². The summed E-state index contributed by atoms with van der Waals surface area (Å²) in [6.07, 6.45) is 1.74. The summed E-state index contributed by atoms with van der Waals surface area (Å²) >= 11 is 0. The van der Waals surface area contributed by atoms with Gasteiger partial charge in [0.25, 0.3) is 5.91 Å². The van der Waals surface area contributed by atoms with Gasteiger partial charge < -0.3 is 9.80 Å². The normalized spacial score (nSPS) is 17.7. The fourth-order valence-electron chi connectivity index (χ4n) is 3.45. The molecule has 1 aliphatic heterocycles. The van der Waals surface area contributed by atoms with E-state index in [-0.39, 0.29) is 23.2 Å². The van der Waals surface area contributed by atoms with Gasteiger partial charge in [0.2, 0.25) is 0 Å². The van der Waals surface area contributed by atoms with Crippen molar-refractivity contribution in [3.63, 3.8) is 0 Å². The zero-order valence-corrected chi connectivity index (χ0v) is 16.4.